The number of carbonyl (C=O) groups is 2. The van der Waals surface area contributed by atoms with Crippen LogP contribution in [0.25, 0.3) is 0 Å². The van der Waals surface area contributed by atoms with E-state index < -0.39 is 6.04 Å². The van der Waals surface area contributed by atoms with Gasteiger partial charge in [0.1, 0.15) is 12.6 Å². The summed E-state index contributed by atoms with van der Waals surface area (Å²) in [6.45, 7) is 4.63. The van der Waals surface area contributed by atoms with E-state index in [1.807, 2.05) is 13.8 Å². The third-order valence-electron chi connectivity index (χ3n) is 2.10. The molecule has 6 nitrogen and oxygen atoms in total. The zero-order valence-electron chi connectivity index (χ0n) is 10.8. The van der Waals surface area contributed by atoms with E-state index in [1.54, 1.807) is 7.05 Å². The molecule has 0 aliphatic carbocycles. The first kappa shape index (κ1) is 15.9. The van der Waals surface area contributed by atoms with Gasteiger partial charge in [0.2, 0.25) is 11.8 Å². The Kier molecular flexibility index (Phi) is 8.35. The molecule has 100 valence electrons. The summed E-state index contributed by atoms with van der Waals surface area (Å²) in [5.74, 6) is -0.166. The van der Waals surface area contributed by atoms with E-state index in [-0.39, 0.29) is 18.4 Å². The first-order valence-electron chi connectivity index (χ1n) is 5.80. The highest BCUT2D eigenvalue weighted by molar-refractivity contribution is 5.87. The summed E-state index contributed by atoms with van der Waals surface area (Å²) in [4.78, 5) is 23.0. The maximum absolute atomic E-state index is 11.5. The quantitative estimate of drug-likeness (QED) is 0.490. The number of ether oxygens (including phenoxy) is 1. The molecule has 0 spiro atoms. The summed E-state index contributed by atoms with van der Waals surface area (Å²) >= 11 is 0. The van der Waals surface area contributed by atoms with Gasteiger partial charge < -0.3 is 21.1 Å². The lowest BCUT2D eigenvalue weighted by molar-refractivity contribution is -0.131. The molecule has 0 heterocycles. The molecule has 0 rings (SSSR count). The van der Waals surface area contributed by atoms with E-state index in [0.717, 1.165) is 0 Å². The minimum Gasteiger partial charge on any atom is -0.370 e. The highest BCUT2D eigenvalue weighted by Crippen LogP contribution is 2.04. The summed E-state index contributed by atoms with van der Waals surface area (Å²) < 4.78 is 5.00. The molecule has 0 aliphatic rings. The van der Waals surface area contributed by atoms with Crippen LogP contribution >= 0.6 is 0 Å². The SMILES string of the molecule is CNC(=O)C(CC(C)C)NC(=O)COCCN. The summed E-state index contributed by atoms with van der Waals surface area (Å²) in [6.07, 6.45) is 0.600. The van der Waals surface area contributed by atoms with Crippen molar-refractivity contribution in [1.82, 2.24) is 10.6 Å². The Morgan fingerprint density at radius 2 is 2.00 bits per heavy atom. The molecule has 6 heteroatoms. The van der Waals surface area contributed by atoms with Crippen molar-refractivity contribution in [3.05, 3.63) is 0 Å². The van der Waals surface area contributed by atoms with Crippen LogP contribution in [0.4, 0.5) is 0 Å². The molecule has 0 aromatic heterocycles. The highest BCUT2D eigenvalue weighted by Gasteiger charge is 2.20. The molecule has 2 amide bonds. The summed E-state index contributed by atoms with van der Waals surface area (Å²) in [7, 11) is 1.55. The maximum atomic E-state index is 11.5. The van der Waals surface area contributed by atoms with Gasteiger partial charge in [-0.3, -0.25) is 9.59 Å². The zero-order valence-corrected chi connectivity index (χ0v) is 10.8. The average Bonchev–Trinajstić information content (AvgIpc) is 2.27. The Hall–Kier alpha value is -1.14. The van der Waals surface area contributed by atoms with Gasteiger partial charge in [-0.2, -0.15) is 0 Å². The number of nitrogens with two attached hydrogens (primary N) is 1. The topological polar surface area (TPSA) is 93.5 Å². The summed E-state index contributed by atoms with van der Waals surface area (Å²) in [6, 6.07) is -0.506. The standard InChI is InChI=1S/C11H23N3O3/c1-8(2)6-9(11(16)13-3)14-10(15)7-17-5-4-12/h8-9H,4-7,12H2,1-3H3,(H,13,16)(H,14,15). The van der Waals surface area contributed by atoms with Crippen molar-refractivity contribution in [3.63, 3.8) is 0 Å². The molecule has 0 aromatic rings. The van der Waals surface area contributed by atoms with Gasteiger partial charge in [-0.25, -0.2) is 0 Å². The monoisotopic (exact) mass is 245 g/mol. The lowest BCUT2D eigenvalue weighted by Crippen LogP contribution is -2.47. The molecule has 1 atom stereocenters. The van der Waals surface area contributed by atoms with E-state index in [0.29, 0.717) is 25.5 Å². The lowest BCUT2D eigenvalue weighted by atomic mass is 10.0. The van der Waals surface area contributed by atoms with Crippen LogP contribution in [-0.4, -0.2) is 44.7 Å². The normalized spacial score (nSPS) is 12.3. The van der Waals surface area contributed by atoms with Gasteiger partial charge in [0, 0.05) is 13.6 Å². The van der Waals surface area contributed by atoms with E-state index in [9.17, 15) is 9.59 Å². The Labute approximate surface area is 102 Å². The number of hydrogen-bond donors (Lipinski definition) is 3. The molecule has 0 bridgehead atoms. The third kappa shape index (κ3) is 7.70. The molecule has 0 saturated heterocycles. The Bertz CT molecular complexity index is 244. The van der Waals surface area contributed by atoms with Gasteiger partial charge in [-0.15, -0.1) is 0 Å². The average molecular weight is 245 g/mol. The van der Waals surface area contributed by atoms with Gasteiger partial charge >= 0.3 is 0 Å². The van der Waals surface area contributed by atoms with Crippen molar-refractivity contribution in [2.24, 2.45) is 11.7 Å². The van der Waals surface area contributed by atoms with Gasteiger partial charge in [0.05, 0.1) is 6.61 Å². The van der Waals surface area contributed by atoms with E-state index in [4.69, 9.17) is 10.5 Å². The number of carbonyl (C=O) groups excluding carboxylic acids is 2. The molecule has 0 aromatic carbocycles. The van der Waals surface area contributed by atoms with Crippen LogP contribution in [0.3, 0.4) is 0 Å². The Morgan fingerprint density at radius 1 is 1.35 bits per heavy atom. The molecule has 0 saturated carbocycles. The van der Waals surface area contributed by atoms with Crippen molar-refractivity contribution in [3.8, 4) is 0 Å². The summed E-state index contributed by atoms with van der Waals surface area (Å²) in [5, 5.41) is 5.17. The van der Waals surface area contributed by atoms with Crippen LogP contribution in [-0.2, 0) is 14.3 Å². The molecule has 0 fully saturated rings. The van der Waals surface area contributed by atoms with Crippen LogP contribution in [0, 0.1) is 5.92 Å². The second kappa shape index (κ2) is 8.95. The predicted octanol–water partition coefficient (Wildman–Crippen LogP) is -0.761. The van der Waals surface area contributed by atoms with Gasteiger partial charge in [-0.05, 0) is 12.3 Å². The minimum absolute atomic E-state index is 0.0667. The fourth-order valence-electron chi connectivity index (χ4n) is 1.36. The number of likely N-dealkylation sites (N-methyl/N-ethyl adjacent to an activating group) is 1. The lowest BCUT2D eigenvalue weighted by Gasteiger charge is -2.19. The van der Waals surface area contributed by atoms with Crippen LogP contribution in [0.2, 0.25) is 0 Å². The second-order valence-electron chi connectivity index (χ2n) is 4.21. The number of nitrogens with one attached hydrogen (secondary N) is 2. The van der Waals surface area contributed by atoms with Crippen molar-refractivity contribution in [1.29, 1.82) is 0 Å². The predicted molar refractivity (Wildman–Crippen MR) is 65.3 cm³/mol. The van der Waals surface area contributed by atoms with Gasteiger partial charge in [0.15, 0.2) is 0 Å². The number of amides is 2. The first-order chi connectivity index (χ1) is 8.01. The minimum atomic E-state index is -0.506. The van der Waals surface area contributed by atoms with E-state index in [2.05, 4.69) is 10.6 Å². The van der Waals surface area contributed by atoms with Crippen LogP contribution < -0.4 is 16.4 Å². The largest absolute Gasteiger partial charge is 0.370 e. The Morgan fingerprint density at radius 3 is 2.47 bits per heavy atom. The smallest absolute Gasteiger partial charge is 0.246 e. The molecule has 17 heavy (non-hydrogen) atoms. The molecular formula is C11H23N3O3. The highest BCUT2D eigenvalue weighted by atomic mass is 16.5. The van der Waals surface area contributed by atoms with Crippen molar-refractivity contribution in [2.45, 2.75) is 26.3 Å². The zero-order chi connectivity index (χ0) is 13.3. The van der Waals surface area contributed by atoms with Crippen molar-refractivity contribution < 1.29 is 14.3 Å². The van der Waals surface area contributed by atoms with Crippen molar-refractivity contribution >= 4 is 11.8 Å². The fraction of sp³-hybridized carbons (Fsp3) is 0.818. The van der Waals surface area contributed by atoms with Gasteiger partial charge in [0.25, 0.3) is 0 Å². The van der Waals surface area contributed by atoms with E-state index in [1.165, 1.54) is 0 Å². The van der Waals surface area contributed by atoms with Crippen molar-refractivity contribution in [2.75, 3.05) is 26.8 Å². The number of hydrogen-bond acceptors (Lipinski definition) is 4. The number of rotatable bonds is 8. The Balaban J connectivity index is 4.13. The molecule has 4 N–H and O–H groups in total. The van der Waals surface area contributed by atoms with E-state index >= 15 is 0 Å². The van der Waals surface area contributed by atoms with Crippen LogP contribution in [0.15, 0.2) is 0 Å². The van der Waals surface area contributed by atoms with Crippen LogP contribution in [0.5, 0.6) is 0 Å². The molecule has 0 aliphatic heterocycles. The first-order valence-corrected chi connectivity index (χ1v) is 5.80. The molecule has 1 unspecified atom stereocenters. The van der Waals surface area contributed by atoms with Gasteiger partial charge in [-0.1, -0.05) is 13.8 Å². The second-order valence-corrected chi connectivity index (χ2v) is 4.21. The third-order valence-corrected chi connectivity index (χ3v) is 2.10. The fourth-order valence-corrected chi connectivity index (χ4v) is 1.36. The maximum Gasteiger partial charge on any atom is 0.246 e. The van der Waals surface area contributed by atoms with Crippen LogP contribution in [0.1, 0.15) is 20.3 Å². The summed E-state index contributed by atoms with van der Waals surface area (Å²) in [5.41, 5.74) is 5.23. The molecule has 0 radical (unpaired) electrons. The molecular weight excluding hydrogens is 222 g/mol.